The highest BCUT2D eigenvalue weighted by atomic mass is 79.9. The van der Waals surface area contributed by atoms with Gasteiger partial charge in [0.05, 0.1) is 12.9 Å². The van der Waals surface area contributed by atoms with Crippen molar-refractivity contribution in [2.45, 2.75) is 19.2 Å². The van der Waals surface area contributed by atoms with Gasteiger partial charge >= 0.3 is 0 Å². The quantitative estimate of drug-likeness (QED) is 0.531. The van der Waals surface area contributed by atoms with Crippen molar-refractivity contribution < 1.29 is 0 Å². The topological polar surface area (TPSA) is 0 Å². The molecule has 0 N–H and O–H groups in total. The number of benzene rings is 1. The zero-order valence-corrected chi connectivity index (χ0v) is 14.2. The van der Waals surface area contributed by atoms with E-state index in [9.17, 15) is 0 Å². The van der Waals surface area contributed by atoms with Crippen LogP contribution in [0.4, 0.5) is 0 Å². The minimum absolute atomic E-state index is 0.104. The molecule has 0 aliphatic heterocycles. The summed E-state index contributed by atoms with van der Waals surface area (Å²) in [5.41, 5.74) is 4.79. The van der Waals surface area contributed by atoms with Crippen LogP contribution in [0.25, 0.3) is 0 Å². The van der Waals surface area contributed by atoms with Gasteiger partial charge in [-0.15, -0.1) is 22.9 Å². The Morgan fingerprint density at radius 3 is 2.35 bits per heavy atom. The highest BCUT2D eigenvalue weighted by Crippen LogP contribution is 2.41. The van der Waals surface area contributed by atoms with E-state index >= 15 is 0 Å². The summed E-state index contributed by atoms with van der Waals surface area (Å²) in [5.74, 6) is 0. The zero-order valence-electron chi connectivity index (χ0n) is 9.43. The van der Waals surface area contributed by atoms with E-state index < -0.39 is 0 Å². The molecule has 0 fully saturated rings. The van der Waals surface area contributed by atoms with Crippen molar-refractivity contribution in [3.63, 3.8) is 0 Å². The van der Waals surface area contributed by atoms with E-state index in [-0.39, 0.29) is 5.38 Å². The first-order chi connectivity index (χ1) is 7.99. The van der Waals surface area contributed by atoms with Gasteiger partial charge in [-0.1, -0.05) is 23.8 Å². The SMILES string of the molecule is Cc1ccc(C(Cl)c2cc(Br)sc2Br)c(C)c1. The fraction of sp³-hybridized carbons (Fsp3) is 0.231. The maximum Gasteiger partial charge on any atom is 0.0857 e. The van der Waals surface area contributed by atoms with Gasteiger partial charge in [-0.2, -0.15) is 0 Å². The predicted octanol–water partition coefficient (Wildman–Crippen LogP) is 6.22. The second-order valence-electron chi connectivity index (χ2n) is 4.00. The molecule has 0 saturated carbocycles. The Morgan fingerprint density at radius 1 is 1.12 bits per heavy atom. The Kier molecular flexibility index (Phi) is 4.35. The number of hydrogen-bond acceptors (Lipinski definition) is 1. The summed E-state index contributed by atoms with van der Waals surface area (Å²) >= 11 is 15.3. The lowest BCUT2D eigenvalue weighted by Crippen LogP contribution is -1.96. The number of aryl methyl sites for hydroxylation is 2. The first-order valence-electron chi connectivity index (χ1n) is 5.15. The second-order valence-corrected chi connectivity index (χ2v) is 8.19. The highest BCUT2D eigenvalue weighted by Gasteiger charge is 2.18. The summed E-state index contributed by atoms with van der Waals surface area (Å²) in [6.07, 6.45) is 0. The van der Waals surface area contributed by atoms with Crippen LogP contribution < -0.4 is 0 Å². The Balaban J connectivity index is 2.43. The van der Waals surface area contributed by atoms with Crippen molar-refractivity contribution in [3.8, 4) is 0 Å². The van der Waals surface area contributed by atoms with Crippen LogP contribution in [0, 0.1) is 13.8 Å². The molecule has 1 aromatic heterocycles. The van der Waals surface area contributed by atoms with Crippen LogP contribution in [0.2, 0.25) is 0 Å². The molecule has 17 heavy (non-hydrogen) atoms. The number of halogens is 3. The normalized spacial score (nSPS) is 12.8. The molecule has 0 aliphatic rings. The summed E-state index contributed by atoms with van der Waals surface area (Å²) in [6.45, 7) is 4.20. The Morgan fingerprint density at radius 2 is 1.82 bits per heavy atom. The Bertz CT molecular complexity index is 548. The van der Waals surface area contributed by atoms with Gasteiger partial charge in [0.25, 0.3) is 0 Å². The molecule has 0 nitrogen and oxygen atoms in total. The summed E-state index contributed by atoms with van der Waals surface area (Å²) < 4.78 is 2.18. The molecule has 0 radical (unpaired) electrons. The van der Waals surface area contributed by atoms with Crippen LogP contribution in [0.5, 0.6) is 0 Å². The largest absolute Gasteiger partial charge is 0.121 e. The fourth-order valence-corrected chi connectivity index (χ4v) is 5.32. The standard InChI is InChI=1S/C13H11Br2ClS/c1-7-3-4-9(8(2)5-7)12(16)10-6-11(14)17-13(10)15/h3-6,12H,1-2H3. The third kappa shape index (κ3) is 2.95. The van der Waals surface area contributed by atoms with Crippen molar-refractivity contribution in [2.24, 2.45) is 0 Å². The van der Waals surface area contributed by atoms with E-state index in [1.165, 1.54) is 16.7 Å². The molecule has 4 heteroatoms. The van der Waals surface area contributed by atoms with Crippen LogP contribution >= 0.6 is 54.8 Å². The van der Waals surface area contributed by atoms with Gasteiger partial charge in [0.1, 0.15) is 0 Å². The molecular formula is C13H11Br2ClS. The summed E-state index contributed by atoms with van der Waals surface area (Å²) in [5, 5.41) is -0.104. The van der Waals surface area contributed by atoms with Gasteiger partial charge in [0.15, 0.2) is 0 Å². The highest BCUT2D eigenvalue weighted by molar-refractivity contribution is 9.12. The molecule has 1 aromatic carbocycles. The zero-order chi connectivity index (χ0) is 12.6. The number of alkyl halides is 1. The molecule has 0 aliphatic carbocycles. The summed E-state index contributed by atoms with van der Waals surface area (Å²) in [6, 6.07) is 8.46. The van der Waals surface area contributed by atoms with Gasteiger partial charge in [-0.05, 0) is 62.9 Å². The van der Waals surface area contributed by atoms with Gasteiger partial charge in [0, 0.05) is 5.56 Å². The molecule has 0 bridgehead atoms. The van der Waals surface area contributed by atoms with Crippen LogP contribution in [-0.2, 0) is 0 Å². The van der Waals surface area contributed by atoms with E-state index in [0.717, 1.165) is 13.1 Å². The summed E-state index contributed by atoms with van der Waals surface area (Å²) in [7, 11) is 0. The van der Waals surface area contributed by atoms with Gasteiger partial charge in [-0.3, -0.25) is 0 Å². The third-order valence-electron chi connectivity index (χ3n) is 2.65. The molecule has 1 atom stereocenters. The first kappa shape index (κ1) is 13.6. The van der Waals surface area contributed by atoms with Crippen LogP contribution in [0.1, 0.15) is 27.6 Å². The van der Waals surface area contributed by atoms with Gasteiger partial charge in [-0.25, -0.2) is 0 Å². The lowest BCUT2D eigenvalue weighted by atomic mass is 10.00. The molecule has 2 aromatic rings. The smallest absolute Gasteiger partial charge is 0.0857 e. The number of thiophene rings is 1. The number of rotatable bonds is 2. The molecule has 1 unspecified atom stereocenters. The average molecular weight is 395 g/mol. The third-order valence-corrected chi connectivity index (χ3v) is 5.51. The molecule has 0 spiro atoms. The van der Waals surface area contributed by atoms with Crippen LogP contribution in [0.3, 0.4) is 0 Å². The molecular weight excluding hydrogens is 383 g/mol. The average Bonchev–Trinajstić information content (AvgIpc) is 2.57. The van der Waals surface area contributed by atoms with Crippen molar-refractivity contribution >= 4 is 54.8 Å². The van der Waals surface area contributed by atoms with Crippen molar-refractivity contribution in [1.29, 1.82) is 0 Å². The molecule has 0 saturated heterocycles. The fourth-order valence-electron chi connectivity index (χ4n) is 1.80. The van der Waals surface area contributed by atoms with Crippen molar-refractivity contribution in [1.82, 2.24) is 0 Å². The first-order valence-corrected chi connectivity index (χ1v) is 7.99. The molecule has 90 valence electrons. The Labute approximate surface area is 127 Å². The van der Waals surface area contributed by atoms with Gasteiger partial charge < -0.3 is 0 Å². The predicted molar refractivity (Wildman–Crippen MR) is 83.3 cm³/mol. The van der Waals surface area contributed by atoms with Crippen molar-refractivity contribution in [3.05, 3.63) is 54.1 Å². The minimum atomic E-state index is -0.104. The maximum atomic E-state index is 6.56. The van der Waals surface area contributed by atoms with E-state index in [0.29, 0.717) is 0 Å². The molecule has 1 heterocycles. The van der Waals surface area contributed by atoms with Crippen LogP contribution in [0.15, 0.2) is 31.8 Å². The minimum Gasteiger partial charge on any atom is -0.121 e. The summed E-state index contributed by atoms with van der Waals surface area (Å²) in [4.78, 5) is 0. The van der Waals surface area contributed by atoms with E-state index in [2.05, 4.69) is 70.0 Å². The Hall–Kier alpha value is 0.170. The van der Waals surface area contributed by atoms with E-state index in [1.54, 1.807) is 11.3 Å². The lowest BCUT2D eigenvalue weighted by Gasteiger charge is -2.13. The van der Waals surface area contributed by atoms with Gasteiger partial charge in [0.2, 0.25) is 0 Å². The lowest BCUT2D eigenvalue weighted by molar-refractivity contribution is 1.11. The molecule has 0 amide bonds. The number of hydrogen-bond donors (Lipinski definition) is 0. The van der Waals surface area contributed by atoms with E-state index in [1.807, 2.05) is 0 Å². The van der Waals surface area contributed by atoms with Crippen LogP contribution in [-0.4, -0.2) is 0 Å². The maximum absolute atomic E-state index is 6.56. The molecule has 2 rings (SSSR count). The van der Waals surface area contributed by atoms with E-state index in [4.69, 9.17) is 11.6 Å². The second kappa shape index (κ2) is 5.43. The monoisotopic (exact) mass is 392 g/mol. The van der Waals surface area contributed by atoms with Crippen molar-refractivity contribution in [2.75, 3.05) is 0 Å².